The molecule has 3 aromatic carbocycles. The zero-order valence-electron chi connectivity index (χ0n) is 19.4. The zero-order chi connectivity index (χ0) is 25.7. The number of rotatable bonds is 8. The molecule has 0 radical (unpaired) electrons. The Morgan fingerprint density at radius 1 is 0.917 bits per heavy atom. The van der Waals surface area contributed by atoms with Gasteiger partial charge in [0.15, 0.2) is 0 Å². The molecule has 0 amide bonds. The fraction of sp³-hybridized carbons (Fsp3) is 0.185. The highest BCUT2D eigenvalue weighted by molar-refractivity contribution is 5.78. The van der Waals surface area contributed by atoms with Gasteiger partial charge < -0.3 is 15.7 Å². The maximum atomic E-state index is 13.4. The Bertz CT molecular complexity index is 1320. The third-order valence-electron chi connectivity index (χ3n) is 5.48. The summed E-state index contributed by atoms with van der Waals surface area (Å²) in [5, 5.41) is 16.0. The number of nitrogens with one attached hydrogen (secondary N) is 2. The second kappa shape index (κ2) is 10.7. The van der Waals surface area contributed by atoms with Crippen molar-refractivity contribution in [1.29, 1.82) is 0 Å². The van der Waals surface area contributed by atoms with Crippen molar-refractivity contribution in [3.05, 3.63) is 102 Å². The number of aromatic nitrogens is 2. The molecule has 1 heterocycles. The van der Waals surface area contributed by atoms with Gasteiger partial charge in [-0.05, 0) is 48.4 Å². The molecule has 0 saturated heterocycles. The van der Waals surface area contributed by atoms with Crippen molar-refractivity contribution in [2.75, 3.05) is 10.6 Å². The van der Waals surface area contributed by atoms with Crippen LogP contribution in [0.5, 0.6) is 0 Å². The van der Waals surface area contributed by atoms with E-state index in [-0.39, 0.29) is 12.2 Å². The first-order chi connectivity index (χ1) is 17.2. The molecule has 3 N–H and O–H groups in total. The molecule has 9 heteroatoms. The van der Waals surface area contributed by atoms with Gasteiger partial charge in [0.25, 0.3) is 0 Å². The predicted octanol–water partition coefficient (Wildman–Crippen LogP) is 6.58. The molecule has 0 bridgehead atoms. The van der Waals surface area contributed by atoms with Crippen LogP contribution < -0.4 is 10.6 Å². The van der Waals surface area contributed by atoms with Gasteiger partial charge in [0.05, 0.1) is 17.4 Å². The lowest BCUT2D eigenvalue weighted by atomic mass is 10.0. The van der Waals surface area contributed by atoms with Gasteiger partial charge >= 0.3 is 6.18 Å². The number of anilines is 3. The quantitative estimate of drug-likeness (QED) is 0.241. The monoisotopic (exact) mass is 496 g/mol. The van der Waals surface area contributed by atoms with Crippen LogP contribution in [0.15, 0.2) is 79.1 Å². The number of aliphatic hydroxyl groups excluding tert-OH is 1. The maximum absolute atomic E-state index is 13.4. The Balaban J connectivity index is 1.65. The van der Waals surface area contributed by atoms with Crippen LogP contribution in [0.3, 0.4) is 0 Å². The Hall–Kier alpha value is -3.98. The molecule has 0 spiro atoms. The van der Waals surface area contributed by atoms with E-state index >= 15 is 0 Å². The summed E-state index contributed by atoms with van der Waals surface area (Å²) in [4.78, 5) is 8.53. The fourth-order valence-electron chi connectivity index (χ4n) is 3.74. The summed E-state index contributed by atoms with van der Waals surface area (Å²) >= 11 is 0. The van der Waals surface area contributed by atoms with Gasteiger partial charge in [0.1, 0.15) is 18.0 Å². The minimum Gasteiger partial charge on any atom is -0.393 e. The van der Waals surface area contributed by atoms with Crippen molar-refractivity contribution < 1.29 is 22.7 Å². The normalized spacial score (nSPS) is 12.3. The minimum absolute atomic E-state index is 0.192. The number of halogens is 4. The lowest BCUT2D eigenvalue weighted by Gasteiger charge is -2.16. The summed E-state index contributed by atoms with van der Waals surface area (Å²) in [7, 11) is 0. The van der Waals surface area contributed by atoms with E-state index < -0.39 is 23.7 Å². The summed E-state index contributed by atoms with van der Waals surface area (Å²) in [5.41, 5.74) is 2.65. The van der Waals surface area contributed by atoms with Gasteiger partial charge in [-0.15, -0.1) is 0 Å². The Kier molecular flexibility index (Phi) is 7.49. The smallest absolute Gasteiger partial charge is 0.393 e. The van der Waals surface area contributed by atoms with Crippen molar-refractivity contribution in [3.63, 3.8) is 0 Å². The molecule has 1 aromatic heterocycles. The van der Waals surface area contributed by atoms with E-state index in [0.717, 1.165) is 23.4 Å². The fourth-order valence-corrected chi connectivity index (χ4v) is 3.74. The molecule has 5 nitrogen and oxygen atoms in total. The summed E-state index contributed by atoms with van der Waals surface area (Å²) in [6, 6.07) is 18.2. The molecule has 36 heavy (non-hydrogen) atoms. The largest absolute Gasteiger partial charge is 0.416 e. The SMILES string of the molecule is CC(O)Cc1ccccc1Nc1cc(-c2ccc(C(F)(F)F)cc2NCc2ccc(F)cc2)ncn1. The Morgan fingerprint density at radius 2 is 1.67 bits per heavy atom. The zero-order valence-corrected chi connectivity index (χ0v) is 19.4. The van der Waals surface area contributed by atoms with E-state index in [1.165, 1.54) is 24.5 Å². The van der Waals surface area contributed by atoms with E-state index in [4.69, 9.17) is 0 Å². The van der Waals surface area contributed by atoms with Crippen LogP contribution in [-0.4, -0.2) is 21.2 Å². The van der Waals surface area contributed by atoms with E-state index in [9.17, 15) is 22.7 Å². The van der Waals surface area contributed by atoms with Crippen LogP contribution >= 0.6 is 0 Å². The second-order valence-corrected chi connectivity index (χ2v) is 8.36. The number of hydrogen-bond acceptors (Lipinski definition) is 5. The number of hydrogen-bond donors (Lipinski definition) is 3. The molecule has 1 unspecified atom stereocenters. The third-order valence-corrected chi connectivity index (χ3v) is 5.48. The Labute approximate surface area is 205 Å². The molecule has 4 aromatic rings. The van der Waals surface area contributed by atoms with Crippen molar-refractivity contribution >= 4 is 17.2 Å². The molecular weight excluding hydrogens is 472 g/mol. The van der Waals surface area contributed by atoms with E-state index in [2.05, 4.69) is 20.6 Å². The van der Waals surface area contributed by atoms with Crippen LogP contribution in [-0.2, 0) is 19.1 Å². The van der Waals surface area contributed by atoms with Crippen LogP contribution in [0.25, 0.3) is 11.3 Å². The number of aliphatic hydroxyl groups is 1. The van der Waals surface area contributed by atoms with Gasteiger partial charge in [-0.2, -0.15) is 13.2 Å². The highest BCUT2D eigenvalue weighted by Crippen LogP contribution is 2.36. The first-order valence-corrected chi connectivity index (χ1v) is 11.2. The highest BCUT2D eigenvalue weighted by Gasteiger charge is 2.31. The molecule has 1 atom stereocenters. The first kappa shape index (κ1) is 25.1. The number of nitrogens with zero attached hydrogens (tertiary/aromatic N) is 2. The van der Waals surface area contributed by atoms with Gasteiger partial charge in [-0.3, -0.25) is 0 Å². The lowest BCUT2D eigenvalue weighted by Crippen LogP contribution is -2.08. The molecule has 0 aliphatic heterocycles. The number of para-hydroxylation sites is 1. The molecule has 0 fully saturated rings. The van der Waals surface area contributed by atoms with Crippen LogP contribution in [0.2, 0.25) is 0 Å². The van der Waals surface area contributed by atoms with Crippen molar-refractivity contribution in [3.8, 4) is 11.3 Å². The summed E-state index contributed by atoms with van der Waals surface area (Å²) in [6.45, 7) is 1.89. The van der Waals surface area contributed by atoms with Crippen molar-refractivity contribution in [2.24, 2.45) is 0 Å². The number of benzene rings is 3. The molecule has 4 rings (SSSR count). The predicted molar refractivity (Wildman–Crippen MR) is 131 cm³/mol. The van der Waals surface area contributed by atoms with E-state index in [1.807, 2.05) is 24.3 Å². The van der Waals surface area contributed by atoms with Gasteiger partial charge in [-0.1, -0.05) is 36.4 Å². The summed E-state index contributed by atoms with van der Waals surface area (Å²) in [5.74, 6) is 0.0527. The molecule has 0 aliphatic rings. The standard InChI is InChI=1S/C27H24F4N4O/c1-17(36)12-19-4-2-3-5-23(19)35-26-14-25(33-16-34-26)22-11-8-20(27(29,30)31)13-24(22)32-15-18-6-9-21(28)10-7-18/h2-11,13-14,16-17,32,36H,12,15H2,1H3,(H,33,34,35). The topological polar surface area (TPSA) is 70.1 Å². The Morgan fingerprint density at radius 3 is 2.39 bits per heavy atom. The summed E-state index contributed by atoms with van der Waals surface area (Å²) in [6.07, 6.45) is -3.28. The van der Waals surface area contributed by atoms with Gasteiger partial charge in [-0.25, -0.2) is 14.4 Å². The van der Waals surface area contributed by atoms with Crippen molar-refractivity contribution in [2.45, 2.75) is 32.2 Å². The molecule has 186 valence electrons. The van der Waals surface area contributed by atoms with Crippen LogP contribution in [0.4, 0.5) is 34.8 Å². The minimum atomic E-state index is -4.52. The average Bonchev–Trinajstić information content (AvgIpc) is 2.84. The van der Waals surface area contributed by atoms with Crippen molar-refractivity contribution in [1.82, 2.24) is 9.97 Å². The lowest BCUT2D eigenvalue weighted by molar-refractivity contribution is -0.137. The van der Waals surface area contributed by atoms with Crippen LogP contribution in [0, 0.1) is 5.82 Å². The first-order valence-electron chi connectivity index (χ1n) is 11.2. The second-order valence-electron chi connectivity index (χ2n) is 8.36. The highest BCUT2D eigenvalue weighted by atomic mass is 19.4. The number of alkyl halides is 3. The molecule has 0 aliphatic carbocycles. The van der Waals surface area contributed by atoms with Gasteiger partial charge in [0.2, 0.25) is 0 Å². The molecule has 0 saturated carbocycles. The van der Waals surface area contributed by atoms with E-state index in [1.54, 1.807) is 25.1 Å². The summed E-state index contributed by atoms with van der Waals surface area (Å²) < 4.78 is 53.5. The van der Waals surface area contributed by atoms with Gasteiger partial charge in [0, 0.05) is 36.0 Å². The third kappa shape index (κ3) is 6.37. The average molecular weight is 497 g/mol. The van der Waals surface area contributed by atoms with E-state index in [0.29, 0.717) is 29.1 Å². The maximum Gasteiger partial charge on any atom is 0.416 e. The van der Waals surface area contributed by atoms with Crippen LogP contribution in [0.1, 0.15) is 23.6 Å². The molecular formula is C27H24F4N4O.